The number of nitrogens with two attached hydrogens (primary N) is 1. The van der Waals surface area contributed by atoms with Gasteiger partial charge in [0.15, 0.2) is 16.8 Å². The number of halogens is 5. The summed E-state index contributed by atoms with van der Waals surface area (Å²) in [5.41, 5.74) is 5.50. The van der Waals surface area contributed by atoms with Crippen LogP contribution in [0.15, 0.2) is 23.0 Å². The van der Waals surface area contributed by atoms with Gasteiger partial charge in [-0.3, -0.25) is 9.69 Å². The van der Waals surface area contributed by atoms with E-state index in [4.69, 9.17) is 28.9 Å². The van der Waals surface area contributed by atoms with E-state index in [-0.39, 0.29) is 64.9 Å². The van der Waals surface area contributed by atoms with Crippen molar-refractivity contribution >= 4 is 45.9 Å². The van der Waals surface area contributed by atoms with Crippen molar-refractivity contribution in [3.8, 4) is 6.07 Å². The fourth-order valence-corrected chi connectivity index (χ4v) is 4.49. The van der Waals surface area contributed by atoms with Crippen LogP contribution < -0.4 is 21.6 Å². The summed E-state index contributed by atoms with van der Waals surface area (Å²) in [5.74, 6) is 0.117. The Bertz CT molecular complexity index is 1400. The number of benzene rings is 1. The lowest BCUT2D eigenvalue weighted by Gasteiger charge is -2.38. The molecule has 15 heteroatoms. The van der Waals surface area contributed by atoms with Gasteiger partial charge in [-0.25, -0.2) is 9.66 Å². The Morgan fingerprint density at radius 2 is 1.89 bits per heavy atom. The summed E-state index contributed by atoms with van der Waals surface area (Å²) in [6, 6.07) is 6.03. The van der Waals surface area contributed by atoms with Crippen molar-refractivity contribution < 1.29 is 13.2 Å². The molecule has 36 heavy (non-hydrogen) atoms. The molecule has 3 N–H and O–H groups in total. The van der Waals surface area contributed by atoms with E-state index < -0.39 is 24.3 Å². The van der Waals surface area contributed by atoms with E-state index in [0.717, 1.165) is 0 Å². The number of nitriles is 1. The van der Waals surface area contributed by atoms with Gasteiger partial charge in [0.2, 0.25) is 5.95 Å². The Balaban J connectivity index is 1.76. The van der Waals surface area contributed by atoms with Gasteiger partial charge < -0.3 is 16.1 Å². The SMILES string of the molecule is CC(Nc1nc(N)nc(Cl)c1C#N)c1nc2cccc(Cl)c2c(=O)n1N1CCN(CC(F)(F)F)CC1. The van der Waals surface area contributed by atoms with Gasteiger partial charge in [0.05, 0.1) is 28.5 Å². The summed E-state index contributed by atoms with van der Waals surface area (Å²) in [5, 5.41) is 14.4. The molecule has 1 aliphatic rings. The zero-order chi connectivity index (χ0) is 26.2. The van der Waals surface area contributed by atoms with Gasteiger partial charge in [0.25, 0.3) is 5.56 Å². The van der Waals surface area contributed by atoms with Gasteiger partial charge in [0, 0.05) is 26.2 Å². The molecule has 0 spiro atoms. The largest absolute Gasteiger partial charge is 0.401 e. The maximum atomic E-state index is 13.6. The van der Waals surface area contributed by atoms with Crippen LogP contribution in [0.2, 0.25) is 10.2 Å². The topological polar surface area (TPSA) is 129 Å². The lowest BCUT2D eigenvalue weighted by Crippen LogP contribution is -2.56. The summed E-state index contributed by atoms with van der Waals surface area (Å²) in [6.07, 6.45) is -4.32. The Labute approximate surface area is 213 Å². The second kappa shape index (κ2) is 9.96. The fraction of sp³-hybridized carbons (Fsp3) is 0.381. The van der Waals surface area contributed by atoms with Crippen molar-refractivity contribution in [1.82, 2.24) is 24.5 Å². The first-order chi connectivity index (χ1) is 17.0. The first-order valence-electron chi connectivity index (χ1n) is 10.7. The molecule has 0 radical (unpaired) electrons. The highest BCUT2D eigenvalue weighted by molar-refractivity contribution is 6.35. The van der Waals surface area contributed by atoms with Crippen molar-refractivity contribution in [3.05, 3.63) is 50.1 Å². The summed E-state index contributed by atoms with van der Waals surface area (Å²) in [6.45, 7) is 1.11. The molecule has 1 aliphatic heterocycles. The van der Waals surface area contributed by atoms with E-state index in [1.165, 1.54) is 9.58 Å². The van der Waals surface area contributed by atoms with Crippen LogP contribution in [0.1, 0.15) is 24.4 Å². The first-order valence-corrected chi connectivity index (χ1v) is 11.5. The van der Waals surface area contributed by atoms with Crippen LogP contribution in [0, 0.1) is 11.3 Å². The molecule has 0 aliphatic carbocycles. The van der Waals surface area contributed by atoms with Crippen LogP contribution in [-0.2, 0) is 0 Å². The second-order valence-corrected chi connectivity index (χ2v) is 8.91. The Kier molecular flexibility index (Phi) is 7.12. The molecule has 190 valence electrons. The molecular weight excluding hydrogens is 522 g/mol. The highest BCUT2D eigenvalue weighted by atomic mass is 35.5. The van der Waals surface area contributed by atoms with E-state index in [2.05, 4.69) is 20.3 Å². The molecular formula is C21H20Cl2F3N9O. The van der Waals surface area contributed by atoms with Gasteiger partial charge in [-0.2, -0.15) is 28.4 Å². The average molecular weight is 542 g/mol. The van der Waals surface area contributed by atoms with Gasteiger partial charge in [-0.05, 0) is 19.1 Å². The van der Waals surface area contributed by atoms with Crippen LogP contribution in [0.5, 0.6) is 0 Å². The molecule has 0 amide bonds. The molecule has 2 aromatic heterocycles. The quantitative estimate of drug-likeness (QED) is 0.468. The molecule has 1 unspecified atom stereocenters. The molecule has 1 aromatic carbocycles. The van der Waals surface area contributed by atoms with Crippen molar-refractivity contribution in [2.45, 2.75) is 19.1 Å². The summed E-state index contributed by atoms with van der Waals surface area (Å²) in [7, 11) is 0. The number of piperazine rings is 1. The third-order valence-corrected chi connectivity index (χ3v) is 6.21. The van der Waals surface area contributed by atoms with Crippen LogP contribution in [0.25, 0.3) is 10.9 Å². The standard InChI is InChI=1S/C21H20Cl2F3N9O/c1-11(29-17-12(9-27)16(23)31-20(28)32-17)18-30-14-4-2-3-13(22)15(14)19(36)35(18)34-7-5-33(6-8-34)10-21(24,25)26/h2-4,11H,5-8,10H2,1H3,(H3,28,29,31,32). The highest BCUT2D eigenvalue weighted by Gasteiger charge is 2.33. The molecule has 1 fully saturated rings. The predicted molar refractivity (Wildman–Crippen MR) is 130 cm³/mol. The van der Waals surface area contributed by atoms with Crippen LogP contribution >= 0.6 is 23.2 Å². The molecule has 10 nitrogen and oxygen atoms in total. The van der Waals surface area contributed by atoms with E-state index in [9.17, 15) is 23.2 Å². The molecule has 1 saturated heterocycles. The van der Waals surface area contributed by atoms with Gasteiger partial charge in [-0.15, -0.1) is 0 Å². The number of hydrogen-bond donors (Lipinski definition) is 2. The average Bonchev–Trinajstić information content (AvgIpc) is 2.78. The zero-order valence-corrected chi connectivity index (χ0v) is 20.4. The molecule has 3 aromatic rings. The maximum Gasteiger partial charge on any atom is 0.401 e. The number of alkyl halides is 3. The highest BCUT2D eigenvalue weighted by Crippen LogP contribution is 2.27. The molecule has 0 bridgehead atoms. The zero-order valence-electron chi connectivity index (χ0n) is 18.9. The smallest absolute Gasteiger partial charge is 0.368 e. The Hall–Kier alpha value is -3.34. The number of hydrogen-bond acceptors (Lipinski definition) is 9. The van der Waals surface area contributed by atoms with Crippen LogP contribution in [0.4, 0.5) is 24.9 Å². The van der Waals surface area contributed by atoms with E-state index in [1.807, 2.05) is 6.07 Å². The number of fused-ring (bicyclic) bond motifs is 1. The normalized spacial score (nSPS) is 15.6. The molecule has 4 rings (SSSR count). The van der Waals surface area contributed by atoms with Gasteiger partial charge >= 0.3 is 6.18 Å². The number of nitrogens with zero attached hydrogens (tertiary/aromatic N) is 7. The summed E-state index contributed by atoms with van der Waals surface area (Å²) < 4.78 is 39.8. The molecule has 1 atom stereocenters. The van der Waals surface area contributed by atoms with E-state index in [0.29, 0.717) is 5.52 Å². The summed E-state index contributed by atoms with van der Waals surface area (Å²) in [4.78, 5) is 27.3. The Morgan fingerprint density at radius 3 is 2.53 bits per heavy atom. The van der Waals surface area contributed by atoms with Gasteiger partial charge in [0.1, 0.15) is 11.6 Å². The second-order valence-electron chi connectivity index (χ2n) is 8.14. The van der Waals surface area contributed by atoms with Crippen molar-refractivity contribution in [2.75, 3.05) is 48.8 Å². The number of nitrogens with one attached hydrogen (secondary N) is 1. The fourth-order valence-electron chi connectivity index (χ4n) is 4.02. The first kappa shape index (κ1) is 25.7. The van der Waals surface area contributed by atoms with Crippen molar-refractivity contribution in [3.63, 3.8) is 0 Å². The number of aromatic nitrogens is 4. The van der Waals surface area contributed by atoms with Crippen molar-refractivity contribution in [2.24, 2.45) is 0 Å². The van der Waals surface area contributed by atoms with Crippen molar-refractivity contribution in [1.29, 1.82) is 5.26 Å². The summed E-state index contributed by atoms with van der Waals surface area (Å²) >= 11 is 12.3. The predicted octanol–water partition coefficient (Wildman–Crippen LogP) is 2.94. The maximum absolute atomic E-state index is 13.6. The lowest BCUT2D eigenvalue weighted by molar-refractivity contribution is -0.146. The lowest BCUT2D eigenvalue weighted by atomic mass is 10.2. The minimum absolute atomic E-state index is 0.0452. The van der Waals surface area contributed by atoms with Crippen LogP contribution in [-0.4, -0.2) is 63.4 Å². The van der Waals surface area contributed by atoms with Crippen LogP contribution in [0.3, 0.4) is 0 Å². The van der Waals surface area contributed by atoms with E-state index in [1.54, 1.807) is 30.1 Å². The third kappa shape index (κ3) is 5.25. The Morgan fingerprint density at radius 1 is 1.19 bits per heavy atom. The number of rotatable bonds is 5. The molecule has 3 heterocycles. The number of nitrogen functional groups attached to an aromatic ring is 1. The van der Waals surface area contributed by atoms with E-state index >= 15 is 0 Å². The van der Waals surface area contributed by atoms with Gasteiger partial charge in [-0.1, -0.05) is 29.3 Å². The molecule has 0 saturated carbocycles. The monoisotopic (exact) mass is 541 g/mol. The third-order valence-electron chi connectivity index (χ3n) is 5.62. The minimum atomic E-state index is -4.32. The minimum Gasteiger partial charge on any atom is -0.368 e. The number of anilines is 2.